The van der Waals surface area contributed by atoms with Crippen LogP contribution in [0.3, 0.4) is 0 Å². The van der Waals surface area contributed by atoms with Gasteiger partial charge in [-0.3, -0.25) is 4.79 Å². The Hall–Kier alpha value is -4.07. The molecule has 2 aromatic rings. The van der Waals surface area contributed by atoms with Crippen molar-refractivity contribution >= 4 is 29.1 Å². The van der Waals surface area contributed by atoms with Gasteiger partial charge in [-0.1, -0.05) is 11.8 Å². The average molecular weight is 598 g/mol. The van der Waals surface area contributed by atoms with E-state index >= 15 is 4.39 Å². The molecule has 43 heavy (non-hydrogen) atoms. The summed E-state index contributed by atoms with van der Waals surface area (Å²) in [4.78, 5) is 52.7. The van der Waals surface area contributed by atoms with Crippen molar-refractivity contribution in [3.8, 4) is 11.8 Å². The number of ether oxygens (including phenoxy) is 3. The summed E-state index contributed by atoms with van der Waals surface area (Å²) in [6, 6.07) is 1.72. The first-order chi connectivity index (χ1) is 20.1. The monoisotopic (exact) mass is 597 g/mol. The molecular weight excluding hydrogens is 557 g/mol. The molecule has 1 aliphatic heterocycles. The second-order valence-corrected chi connectivity index (χ2v) is 12.9. The normalized spacial score (nSPS) is 18.6. The van der Waals surface area contributed by atoms with Gasteiger partial charge in [-0.15, -0.1) is 0 Å². The molecule has 1 saturated heterocycles. The summed E-state index contributed by atoms with van der Waals surface area (Å²) in [6.07, 6.45) is 2.51. The first-order valence-electron chi connectivity index (χ1n) is 14.6. The molecule has 2 aliphatic rings. The lowest BCUT2D eigenvalue weighted by molar-refractivity contribution is 0.0221. The highest BCUT2D eigenvalue weighted by atomic mass is 19.1. The first-order valence-corrected chi connectivity index (χ1v) is 14.6. The molecule has 11 heteroatoms. The Morgan fingerprint density at radius 3 is 2.35 bits per heavy atom. The van der Waals surface area contributed by atoms with E-state index < -0.39 is 52.7 Å². The van der Waals surface area contributed by atoms with Crippen molar-refractivity contribution in [3.05, 3.63) is 45.5 Å². The molecule has 232 valence electrons. The Morgan fingerprint density at radius 2 is 1.74 bits per heavy atom. The van der Waals surface area contributed by atoms with Gasteiger partial charge in [-0.05, 0) is 79.9 Å². The van der Waals surface area contributed by atoms with Crippen LogP contribution in [0.5, 0.6) is 0 Å². The van der Waals surface area contributed by atoms with Crippen LogP contribution in [0.25, 0.3) is 10.9 Å². The van der Waals surface area contributed by atoms with Gasteiger partial charge in [0.25, 0.3) is 0 Å². The smallest absolute Gasteiger partial charge is 0.410 e. The maximum absolute atomic E-state index is 15.3. The van der Waals surface area contributed by atoms with Gasteiger partial charge in [0.2, 0.25) is 5.43 Å². The summed E-state index contributed by atoms with van der Waals surface area (Å²) in [5, 5.41) is 3.00. The molecule has 0 unspecified atom stereocenters. The van der Waals surface area contributed by atoms with E-state index in [9.17, 15) is 19.2 Å². The zero-order chi connectivity index (χ0) is 31.7. The third-order valence-electron chi connectivity index (χ3n) is 6.89. The van der Waals surface area contributed by atoms with Gasteiger partial charge in [0.05, 0.1) is 23.7 Å². The summed E-state index contributed by atoms with van der Waals surface area (Å²) in [7, 11) is 0. The summed E-state index contributed by atoms with van der Waals surface area (Å²) in [5.74, 6) is 4.60. The number of benzene rings is 1. The summed E-state index contributed by atoms with van der Waals surface area (Å²) in [5.41, 5.74) is -1.69. The van der Waals surface area contributed by atoms with E-state index in [1.165, 1.54) is 23.2 Å². The van der Waals surface area contributed by atoms with E-state index in [4.69, 9.17) is 14.2 Å². The molecule has 10 nitrogen and oxygen atoms in total. The fourth-order valence-corrected chi connectivity index (χ4v) is 5.03. The molecule has 0 radical (unpaired) electrons. The Kier molecular flexibility index (Phi) is 9.09. The molecular formula is C32H40FN3O7. The van der Waals surface area contributed by atoms with Crippen LogP contribution in [0.1, 0.15) is 96.1 Å². The van der Waals surface area contributed by atoms with E-state index in [1.54, 1.807) is 53.0 Å². The second-order valence-electron chi connectivity index (χ2n) is 12.9. The molecule has 1 aromatic heterocycles. The van der Waals surface area contributed by atoms with Crippen molar-refractivity contribution in [1.29, 1.82) is 0 Å². The topological polar surface area (TPSA) is 116 Å². The van der Waals surface area contributed by atoms with Crippen molar-refractivity contribution < 1.29 is 33.0 Å². The first kappa shape index (κ1) is 31.9. The number of amides is 2. The fraction of sp³-hybridized carbons (Fsp3) is 0.562. The molecule has 4 rings (SSSR count). The van der Waals surface area contributed by atoms with Gasteiger partial charge in [-0.2, -0.15) is 0 Å². The van der Waals surface area contributed by atoms with Gasteiger partial charge in [-0.25, -0.2) is 18.8 Å². The van der Waals surface area contributed by atoms with E-state index in [2.05, 4.69) is 17.2 Å². The summed E-state index contributed by atoms with van der Waals surface area (Å²) in [6.45, 7) is 12.6. The van der Waals surface area contributed by atoms with Crippen LogP contribution in [0.15, 0.2) is 23.1 Å². The van der Waals surface area contributed by atoms with E-state index in [-0.39, 0.29) is 42.1 Å². The highest BCUT2D eigenvalue weighted by Crippen LogP contribution is 2.38. The largest absolute Gasteiger partial charge is 0.462 e. The van der Waals surface area contributed by atoms with Gasteiger partial charge < -0.3 is 29.0 Å². The molecule has 0 spiro atoms. The van der Waals surface area contributed by atoms with Gasteiger partial charge in [0, 0.05) is 36.6 Å². The molecule has 0 bridgehead atoms. The molecule has 2 fully saturated rings. The second kappa shape index (κ2) is 12.3. The number of likely N-dealkylation sites (tertiary alicyclic amines) is 1. The third-order valence-corrected chi connectivity index (χ3v) is 6.89. The van der Waals surface area contributed by atoms with Crippen molar-refractivity contribution in [2.45, 2.75) is 103 Å². The number of hydrogen-bond donors (Lipinski definition) is 1. The maximum Gasteiger partial charge on any atom is 0.410 e. The summed E-state index contributed by atoms with van der Waals surface area (Å²) < 4.78 is 33.1. The van der Waals surface area contributed by atoms with Crippen LogP contribution in [-0.4, -0.2) is 64.1 Å². The minimum atomic E-state index is -0.731. The van der Waals surface area contributed by atoms with Gasteiger partial charge >= 0.3 is 18.2 Å². The Morgan fingerprint density at radius 1 is 1.07 bits per heavy atom. The van der Waals surface area contributed by atoms with Crippen LogP contribution in [0.4, 0.5) is 14.0 Å². The highest BCUT2D eigenvalue weighted by Gasteiger charge is 2.38. The lowest BCUT2D eigenvalue weighted by Gasteiger charge is -2.27. The SMILES string of the molecule is CCOC(=O)c1cn(C2CC2)c2c(C#CC[C@@H]3C[C@H](NC(=O)OC(C)(C)C)CN3C(=O)OC(C)(C)C)c(F)ccc2c1=O. The van der Waals surface area contributed by atoms with Crippen LogP contribution in [0, 0.1) is 17.7 Å². The number of esters is 1. The Bertz CT molecular complexity index is 1540. The molecule has 1 aromatic carbocycles. The highest BCUT2D eigenvalue weighted by molar-refractivity contribution is 5.95. The summed E-state index contributed by atoms with van der Waals surface area (Å²) >= 11 is 0. The number of fused-ring (bicyclic) bond motifs is 1. The minimum Gasteiger partial charge on any atom is -0.462 e. The van der Waals surface area contributed by atoms with Gasteiger partial charge in [0.1, 0.15) is 22.6 Å². The predicted octanol–water partition coefficient (Wildman–Crippen LogP) is 5.30. The third kappa shape index (κ3) is 7.86. The number of halogens is 1. The van der Waals surface area contributed by atoms with Crippen LogP contribution < -0.4 is 10.7 Å². The quantitative estimate of drug-likeness (QED) is 0.283. The van der Waals surface area contributed by atoms with E-state index in [0.29, 0.717) is 11.9 Å². The lowest BCUT2D eigenvalue weighted by atomic mass is 10.0. The molecule has 2 amide bonds. The fourth-order valence-electron chi connectivity index (χ4n) is 5.03. The number of rotatable bonds is 5. The average Bonchev–Trinajstić information content (AvgIpc) is 3.64. The van der Waals surface area contributed by atoms with E-state index in [0.717, 1.165) is 12.8 Å². The number of aromatic nitrogens is 1. The number of carbonyl (C=O) groups excluding carboxylic acids is 3. The van der Waals surface area contributed by atoms with Crippen molar-refractivity contribution in [1.82, 2.24) is 14.8 Å². The minimum absolute atomic E-state index is 0.0100. The Balaban J connectivity index is 1.66. The molecule has 1 saturated carbocycles. The van der Waals surface area contributed by atoms with Crippen LogP contribution in [0.2, 0.25) is 0 Å². The molecule has 1 N–H and O–H groups in total. The number of pyridine rings is 1. The van der Waals surface area contributed by atoms with Crippen molar-refractivity contribution in [2.24, 2.45) is 0 Å². The zero-order valence-corrected chi connectivity index (χ0v) is 25.8. The van der Waals surface area contributed by atoms with Crippen molar-refractivity contribution in [2.75, 3.05) is 13.2 Å². The molecule has 1 aliphatic carbocycles. The van der Waals surface area contributed by atoms with Gasteiger partial charge in [0.15, 0.2) is 0 Å². The van der Waals surface area contributed by atoms with E-state index in [1.807, 2.05) is 0 Å². The number of carbonyl (C=O) groups is 3. The zero-order valence-electron chi connectivity index (χ0n) is 25.8. The molecule has 2 atom stereocenters. The number of hydrogen-bond acceptors (Lipinski definition) is 7. The Labute approximate surface area is 250 Å². The number of nitrogens with one attached hydrogen (secondary N) is 1. The molecule has 2 heterocycles. The predicted molar refractivity (Wildman–Crippen MR) is 158 cm³/mol. The standard InChI is InChI=1S/C32H40FN3O7/c1-8-41-28(38)24-18-35(20-12-13-20)26-22(25(33)15-14-23(26)27(24)37)11-9-10-21-16-19(34-29(39)42-31(2,3)4)17-36(21)30(40)43-32(5,6)7/h14-15,18-21H,8,10,12-13,16-17H2,1-7H3,(H,34,39)/t19-,21+/m0/s1. The maximum atomic E-state index is 15.3. The van der Waals surface area contributed by atoms with Crippen LogP contribution in [-0.2, 0) is 14.2 Å². The van der Waals surface area contributed by atoms with Crippen molar-refractivity contribution in [3.63, 3.8) is 0 Å². The number of alkyl carbamates (subject to hydrolysis) is 1. The number of nitrogens with zero attached hydrogens (tertiary/aromatic N) is 2. The lowest BCUT2D eigenvalue weighted by Crippen LogP contribution is -2.43. The van der Waals surface area contributed by atoms with Crippen LogP contribution >= 0.6 is 0 Å².